The fraction of sp³-hybridized carbons (Fsp3) is 0.692. The fourth-order valence-corrected chi connectivity index (χ4v) is 16.8. The van der Waals surface area contributed by atoms with Gasteiger partial charge in [-0.3, -0.25) is 28.8 Å². The minimum atomic E-state index is -2.09. The Kier molecular flexibility index (Phi) is 23.8. The van der Waals surface area contributed by atoms with Crippen molar-refractivity contribution in [3.05, 3.63) is 71.8 Å². The Morgan fingerprint density at radius 1 is 0.570 bits per heavy atom. The van der Waals surface area contributed by atoms with Crippen LogP contribution >= 0.6 is 58.0 Å². The molecule has 4 heterocycles. The number of amides is 2. The average Bonchev–Trinajstić information content (AvgIpc) is 1.58. The van der Waals surface area contributed by atoms with Gasteiger partial charge in [0.15, 0.2) is 48.9 Å². The van der Waals surface area contributed by atoms with Crippen molar-refractivity contribution in [1.82, 2.24) is 10.6 Å². The molecule has 10 rings (SSSR count). The summed E-state index contributed by atoms with van der Waals surface area (Å²) in [5, 5.41) is 5.22. The maximum absolute atomic E-state index is 15.0. The van der Waals surface area contributed by atoms with Gasteiger partial charge in [-0.05, 0) is 96.5 Å². The third kappa shape index (κ3) is 15.8. The number of rotatable bonds is 22. The van der Waals surface area contributed by atoms with Crippen LogP contribution in [0.1, 0.15) is 96.6 Å². The molecule has 1 spiro atoms. The monoisotopic (exact) mass is 1400 g/mol. The Balaban J connectivity index is 0.938. The van der Waals surface area contributed by atoms with Gasteiger partial charge in [-0.25, -0.2) is 9.59 Å². The predicted molar refractivity (Wildman–Crippen MR) is 331 cm³/mol. The molecule has 22 atom stereocenters. The number of benzene rings is 2. The Labute approximate surface area is 564 Å². The highest BCUT2D eigenvalue weighted by Gasteiger charge is 2.71. The lowest BCUT2D eigenvalue weighted by Crippen LogP contribution is -2.68. The summed E-state index contributed by atoms with van der Waals surface area (Å²) in [4.78, 5) is 110. The highest BCUT2D eigenvalue weighted by molar-refractivity contribution is 6.27. The molecular weight excluding hydrogens is 1320 g/mol. The number of nitrogens with one attached hydrogen (secondary N) is 2. The minimum Gasteiger partial charge on any atom is -0.462 e. The first-order valence-electron chi connectivity index (χ1n) is 31.8. The summed E-state index contributed by atoms with van der Waals surface area (Å²) in [6.07, 6.45) is -14.8. The van der Waals surface area contributed by atoms with Gasteiger partial charge in [-0.2, -0.15) is 0 Å². The van der Waals surface area contributed by atoms with Crippen molar-refractivity contribution < 1.29 is 99.9 Å². The number of esters is 5. The number of halogens is 5. The number of hydrogen-bond donors (Lipinski definition) is 2. The molecule has 0 aromatic heterocycles. The number of carbonyl (C=O) groups is 8. The number of carbonyl (C=O) groups excluding carboxylic acids is 8. The SMILES string of the molecule is C[C@@H]1CC[C@@]2(OC1)OC1C[C@H]3[C@@H]4CC[C@H]5C[C@@H](O[C@@H]6O[C@H](COC(=O)CCl)[C@@H](O[C@@H]7O[C@H](COC(=O)NCc8ccccc8)[C@@H](OC(=O)NCc8ccccc8)[C@H](OC(=O)CCl)[C@H]7OC(=O)CCl)[C@H](OC(=O)CCl)[C@H]6OC(=O)CCl)CC[C@]5(C)[C@H]4C(=O)C[C@]3(C)C1[C@@H]2C. The van der Waals surface area contributed by atoms with Gasteiger partial charge in [-0.1, -0.05) is 88.4 Å². The van der Waals surface area contributed by atoms with Gasteiger partial charge in [0.2, 0.25) is 0 Å². The zero-order chi connectivity index (χ0) is 66.4. The highest BCUT2D eigenvalue weighted by atomic mass is 35.5. The van der Waals surface area contributed by atoms with Crippen LogP contribution in [0.15, 0.2) is 60.7 Å². The maximum Gasteiger partial charge on any atom is 0.407 e. The van der Waals surface area contributed by atoms with Crippen molar-refractivity contribution in [2.24, 2.45) is 52.3 Å². The van der Waals surface area contributed by atoms with Crippen LogP contribution in [0.3, 0.4) is 0 Å². The summed E-state index contributed by atoms with van der Waals surface area (Å²) in [5.41, 5.74) is 0.712. The number of fused-ring (bicyclic) bond motifs is 7. The summed E-state index contributed by atoms with van der Waals surface area (Å²) in [6, 6.07) is 17.6. The van der Waals surface area contributed by atoms with Gasteiger partial charge in [0.25, 0.3) is 0 Å². The van der Waals surface area contributed by atoms with Gasteiger partial charge < -0.3 is 72.2 Å². The smallest absolute Gasteiger partial charge is 0.407 e. The number of alkyl halides is 5. The standard InChI is InChI=1S/C65H81Cl5N2O21/c1-34-17-20-65(83-31-34)35(2)51-43(93-65)22-41-40-16-15-38-21-39(18-19-63(38,3)52(40)42(73)23-64(41,51)4)84-59-57(89-49(77)27-69)55(87-47(75)25-67)53(44(85-59)32-81-46(74)24-66)91-60-58(90-50(78)28-70)56(88-48(76)26-68)54(92-62(80)72-30-37-13-9-6-10-14-37)45(86-60)33-82-61(79)71-29-36-11-7-5-8-12-36/h5-14,34-35,38-41,43-45,51-60H,15-33H2,1-4H3,(H,71,79)(H,72,80)/t34-,35+,38+,39+,40+,41+,43?,44-,45-,51?,52-,53-,54-,55+,56+,57-,58-,59-,60+,63+,64+,65-/m1/s1. The third-order valence-corrected chi connectivity index (χ3v) is 21.7. The Morgan fingerprint density at radius 3 is 1.68 bits per heavy atom. The van der Waals surface area contributed by atoms with Gasteiger partial charge in [0, 0.05) is 37.8 Å². The van der Waals surface area contributed by atoms with E-state index in [2.05, 4.69) is 38.3 Å². The predicted octanol–water partition coefficient (Wildman–Crippen LogP) is 8.44. The summed E-state index contributed by atoms with van der Waals surface area (Å²) < 4.78 is 81.2. The molecule has 512 valence electrons. The van der Waals surface area contributed by atoms with E-state index in [4.69, 9.17) is 120 Å². The van der Waals surface area contributed by atoms with E-state index in [9.17, 15) is 33.6 Å². The molecule has 23 nitrogen and oxygen atoms in total. The molecular formula is C65H81Cl5N2O21. The minimum absolute atomic E-state index is 0.00228. The summed E-state index contributed by atoms with van der Waals surface area (Å²) in [6.45, 7) is 8.07. The van der Waals surface area contributed by atoms with Crippen molar-refractivity contribution >= 4 is 106 Å². The van der Waals surface area contributed by atoms with Crippen molar-refractivity contribution in [3.63, 3.8) is 0 Å². The van der Waals surface area contributed by atoms with E-state index in [0.29, 0.717) is 49.3 Å². The second-order valence-electron chi connectivity index (χ2n) is 26.2. The zero-order valence-corrected chi connectivity index (χ0v) is 55.9. The molecule has 0 bridgehead atoms. The average molecular weight is 1400 g/mol. The van der Waals surface area contributed by atoms with E-state index in [0.717, 1.165) is 32.1 Å². The van der Waals surface area contributed by atoms with E-state index in [1.54, 1.807) is 60.7 Å². The topological polar surface area (TPSA) is 281 Å². The van der Waals surface area contributed by atoms with Crippen LogP contribution in [-0.4, -0.2) is 176 Å². The van der Waals surface area contributed by atoms with E-state index in [1.165, 1.54) is 0 Å². The van der Waals surface area contributed by atoms with Crippen molar-refractivity contribution in [2.45, 2.75) is 178 Å². The Morgan fingerprint density at radius 2 is 1.11 bits per heavy atom. The van der Waals surface area contributed by atoms with E-state index >= 15 is 4.79 Å². The third-order valence-electron chi connectivity index (χ3n) is 20.6. The first-order chi connectivity index (χ1) is 44.6. The molecule has 2 unspecified atom stereocenters. The quantitative estimate of drug-likeness (QED) is 0.0484. The van der Waals surface area contributed by atoms with Crippen LogP contribution in [-0.2, 0) is 103 Å². The first-order valence-corrected chi connectivity index (χ1v) is 34.4. The van der Waals surface area contributed by atoms with Crippen LogP contribution < -0.4 is 10.6 Å². The van der Waals surface area contributed by atoms with E-state index in [-0.39, 0.29) is 65.9 Å². The van der Waals surface area contributed by atoms with Crippen LogP contribution in [0.4, 0.5) is 9.59 Å². The molecule has 8 fully saturated rings. The summed E-state index contributed by atoms with van der Waals surface area (Å²) >= 11 is 30.3. The van der Waals surface area contributed by atoms with Gasteiger partial charge >= 0.3 is 42.0 Å². The van der Waals surface area contributed by atoms with Gasteiger partial charge in [-0.15, -0.1) is 58.0 Å². The molecule has 4 saturated carbocycles. The van der Waals surface area contributed by atoms with Crippen molar-refractivity contribution in [3.8, 4) is 0 Å². The van der Waals surface area contributed by atoms with Crippen LogP contribution in [0, 0.1) is 52.3 Å². The number of hydrogen-bond acceptors (Lipinski definition) is 21. The van der Waals surface area contributed by atoms with Gasteiger partial charge in [0.1, 0.15) is 66.7 Å². The Bertz CT molecular complexity index is 2970. The zero-order valence-electron chi connectivity index (χ0n) is 52.1. The molecule has 2 amide bonds. The maximum atomic E-state index is 15.0. The molecule has 4 aliphatic carbocycles. The largest absolute Gasteiger partial charge is 0.462 e. The number of ketones is 1. The Hall–Kier alpha value is -4.79. The molecule has 4 saturated heterocycles. The van der Waals surface area contributed by atoms with Gasteiger partial charge in [0.05, 0.1) is 18.8 Å². The molecule has 2 aromatic carbocycles. The molecule has 2 aromatic rings. The van der Waals surface area contributed by atoms with E-state index < -0.39 is 163 Å². The van der Waals surface area contributed by atoms with Crippen LogP contribution in [0.5, 0.6) is 0 Å². The summed E-state index contributed by atoms with van der Waals surface area (Å²) in [7, 11) is 0. The summed E-state index contributed by atoms with van der Waals surface area (Å²) in [5.74, 6) is -8.44. The van der Waals surface area contributed by atoms with Crippen molar-refractivity contribution in [1.29, 1.82) is 0 Å². The molecule has 8 aliphatic rings. The molecule has 93 heavy (non-hydrogen) atoms. The highest BCUT2D eigenvalue weighted by Crippen LogP contribution is 2.71. The lowest BCUT2D eigenvalue weighted by molar-refractivity contribution is -0.364. The van der Waals surface area contributed by atoms with Crippen LogP contribution in [0.2, 0.25) is 0 Å². The molecule has 4 aliphatic heterocycles. The normalized spacial score (nSPS) is 37.5. The molecule has 2 N–H and O–H groups in total. The van der Waals surface area contributed by atoms with E-state index in [1.807, 2.05) is 0 Å². The number of alkyl carbamates (subject to hydrolysis) is 2. The second kappa shape index (κ2) is 31.2. The lowest BCUT2D eigenvalue weighted by atomic mass is 9.44. The lowest BCUT2D eigenvalue weighted by Gasteiger charge is -2.60. The molecule has 0 radical (unpaired) electrons. The van der Waals surface area contributed by atoms with Crippen molar-refractivity contribution in [2.75, 3.05) is 49.2 Å². The number of ether oxygens (including phenoxy) is 13. The fourth-order valence-electron chi connectivity index (χ4n) is 16.5. The molecule has 28 heteroatoms. The second-order valence-corrected chi connectivity index (χ2v) is 27.5. The van der Waals surface area contributed by atoms with Crippen LogP contribution in [0.25, 0.3) is 0 Å². The number of Topliss-reactive ketones (excluding diaryl/α,β-unsaturated/α-hetero) is 1. The first kappa shape index (κ1) is 71.0.